The van der Waals surface area contributed by atoms with E-state index in [1.165, 1.54) is 0 Å². The molecular weight excluding hydrogens is 548 g/mol. The summed E-state index contributed by atoms with van der Waals surface area (Å²) in [6.07, 6.45) is 0. The molecule has 0 aromatic heterocycles. The molecule has 0 spiro atoms. The van der Waals surface area contributed by atoms with Crippen LogP contribution in [0, 0.1) is 6.92 Å². The van der Waals surface area contributed by atoms with Crippen molar-refractivity contribution in [1.82, 2.24) is 9.80 Å². The second-order valence-electron chi connectivity index (χ2n) is 10.5. The molecule has 2 fully saturated rings. The Hall–Kier alpha value is -4.34. The number of methoxy groups -OCH3 is 1. The van der Waals surface area contributed by atoms with E-state index in [9.17, 15) is 14.7 Å². The summed E-state index contributed by atoms with van der Waals surface area (Å²) >= 11 is 0. The van der Waals surface area contributed by atoms with E-state index < -0.39 is 17.7 Å². The summed E-state index contributed by atoms with van der Waals surface area (Å²) in [4.78, 5) is 30.9. The molecule has 3 aromatic carbocycles. The average molecular weight is 587 g/mol. The Balaban J connectivity index is 1.52. The molecule has 0 radical (unpaired) electrons. The Kier molecular flexibility index (Phi) is 9.64. The van der Waals surface area contributed by atoms with Crippen molar-refractivity contribution in [3.63, 3.8) is 0 Å². The van der Waals surface area contributed by atoms with Crippen LogP contribution >= 0.6 is 0 Å². The summed E-state index contributed by atoms with van der Waals surface area (Å²) in [5.74, 6) is 0.0658. The maximum atomic E-state index is 13.6. The molecule has 9 nitrogen and oxygen atoms in total. The highest BCUT2D eigenvalue weighted by Crippen LogP contribution is 2.42. The lowest BCUT2D eigenvalue weighted by atomic mass is 9.93. The van der Waals surface area contributed by atoms with Gasteiger partial charge in [0.05, 0.1) is 38.5 Å². The molecule has 2 saturated heterocycles. The van der Waals surface area contributed by atoms with Gasteiger partial charge in [-0.25, -0.2) is 0 Å². The summed E-state index contributed by atoms with van der Waals surface area (Å²) in [5, 5.41) is 11.6. The molecule has 2 aliphatic heterocycles. The van der Waals surface area contributed by atoms with E-state index in [0.717, 1.165) is 24.2 Å². The van der Waals surface area contributed by atoms with E-state index in [2.05, 4.69) is 4.90 Å². The summed E-state index contributed by atoms with van der Waals surface area (Å²) in [6.45, 7) is 8.23. The third-order valence-corrected chi connectivity index (χ3v) is 7.81. The van der Waals surface area contributed by atoms with Gasteiger partial charge in [-0.05, 0) is 60.9 Å². The fourth-order valence-corrected chi connectivity index (χ4v) is 5.54. The van der Waals surface area contributed by atoms with Gasteiger partial charge < -0.3 is 29.0 Å². The Morgan fingerprint density at radius 2 is 1.72 bits per heavy atom. The minimum absolute atomic E-state index is 0.0410. The van der Waals surface area contributed by atoms with Gasteiger partial charge >= 0.3 is 0 Å². The van der Waals surface area contributed by atoms with Crippen LogP contribution in [0.15, 0.2) is 72.3 Å². The lowest BCUT2D eigenvalue weighted by Crippen LogP contribution is -2.42. The number of ether oxygens (including phenoxy) is 4. The molecule has 1 amide bonds. The molecular formula is C34H38N2O7. The zero-order chi connectivity index (χ0) is 30.3. The number of amides is 1. The minimum Gasteiger partial charge on any atom is -0.507 e. The molecule has 0 aliphatic carbocycles. The predicted molar refractivity (Wildman–Crippen MR) is 162 cm³/mol. The van der Waals surface area contributed by atoms with E-state index in [1.54, 1.807) is 36.3 Å². The average Bonchev–Trinajstić information content (AvgIpc) is 3.28. The molecule has 2 heterocycles. The monoisotopic (exact) mass is 586 g/mol. The smallest absolute Gasteiger partial charge is 0.295 e. The van der Waals surface area contributed by atoms with Crippen molar-refractivity contribution < 1.29 is 33.6 Å². The van der Waals surface area contributed by atoms with Gasteiger partial charge in [0, 0.05) is 31.7 Å². The molecule has 1 atom stereocenters. The number of nitrogens with zero attached hydrogens (tertiary/aromatic N) is 2. The number of likely N-dealkylation sites (tertiary alicyclic amines) is 1. The van der Waals surface area contributed by atoms with Gasteiger partial charge in [0.2, 0.25) is 0 Å². The number of hydrogen-bond donors (Lipinski definition) is 1. The Morgan fingerprint density at radius 3 is 2.42 bits per heavy atom. The van der Waals surface area contributed by atoms with Crippen molar-refractivity contribution in [3.8, 4) is 17.2 Å². The van der Waals surface area contributed by atoms with E-state index in [-0.39, 0.29) is 11.3 Å². The van der Waals surface area contributed by atoms with Gasteiger partial charge in [-0.15, -0.1) is 0 Å². The number of aryl methyl sites for hydroxylation is 1. The van der Waals surface area contributed by atoms with Crippen LogP contribution in [0.3, 0.4) is 0 Å². The molecule has 3 aromatic rings. The van der Waals surface area contributed by atoms with Gasteiger partial charge in [0.1, 0.15) is 18.1 Å². The number of aliphatic hydroxyl groups excluding tert-OH is 1. The van der Waals surface area contributed by atoms with Crippen LogP contribution in [0.2, 0.25) is 0 Å². The van der Waals surface area contributed by atoms with Gasteiger partial charge in [0.15, 0.2) is 11.5 Å². The van der Waals surface area contributed by atoms with Crippen molar-refractivity contribution in [2.45, 2.75) is 26.5 Å². The first-order valence-corrected chi connectivity index (χ1v) is 14.6. The van der Waals surface area contributed by atoms with Gasteiger partial charge in [-0.3, -0.25) is 14.5 Å². The number of carbonyl (C=O) groups excluding carboxylic acids is 2. The normalized spacial score (nSPS) is 18.6. The van der Waals surface area contributed by atoms with Gasteiger partial charge in [-0.2, -0.15) is 0 Å². The zero-order valence-corrected chi connectivity index (χ0v) is 24.9. The minimum atomic E-state index is -0.816. The van der Waals surface area contributed by atoms with E-state index in [1.807, 2.05) is 56.3 Å². The molecule has 5 rings (SSSR count). The number of morpholine rings is 1. The van der Waals surface area contributed by atoms with Crippen molar-refractivity contribution in [3.05, 3.63) is 94.6 Å². The predicted octanol–water partition coefficient (Wildman–Crippen LogP) is 4.74. The van der Waals surface area contributed by atoms with E-state index in [4.69, 9.17) is 18.9 Å². The van der Waals surface area contributed by atoms with Crippen molar-refractivity contribution in [1.29, 1.82) is 0 Å². The molecule has 43 heavy (non-hydrogen) atoms. The number of benzene rings is 3. The number of carbonyl (C=O) groups is 2. The first-order chi connectivity index (χ1) is 20.9. The van der Waals surface area contributed by atoms with Crippen LogP contribution in [-0.2, 0) is 20.9 Å². The van der Waals surface area contributed by atoms with Crippen molar-refractivity contribution in [2.75, 3.05) is 53.1 Å². The Bertz CT molecular complexity index is 1480. The summed E-state index contributed by atoms with van der Waals surface area (Å²) in [6, 6.07) is 19.6. The Morgan fingerprint density at radius 1 is 0.953 bits per heavy atom. The number of hydrogen-bond acceptors (Lipinski definition) is 8. The van der Waals surface area contributed by atoms with Crippen LogP contribution in [-0.4, -0.2) is 79.7 Å². The molecule has 1 unspecified atom stereocenters. The molecule has 226 valence electrons. The first-order valence-electron chi connectivity index (χ1n) is 14.6. The summed E-state index contributed by atoms with van der Waals surface area (Å²) < 4.78 is 22.8. The second kappa shape index (κ2) is 13.8. The quantitative estimate of drug-likeness (QED) is 0.196. The molecule has 1 N–H and O–H groups in total. The summed E-state index contributed by atoms with van der Waals surface area (Å²) in [7, 11) is 1.55. The third kappa shape index (κ3) is 6.68. The molecule has 9 heteroatoms. The molecule has 0 bridgehead atoms. The maximum absolute atomic E-state index is 13.6. The van der Waals surface area contributed by atoms with Gasteiger partial charge in [-0.1, -0.05) is 36.4 Å². The van der Waals surface area contributed by atoms with Crippen molar-refractivity contribution in [2.24, 2.45) is 0 Å². The van der Waals surface area contributed by atoms with Crippen LogP contribution in [0.1, 0.15) is 35.2 Å². The lowest BCUT2D eigenvalue weighted by molar-refractivity contribution is -0.140. The molecule has 0 saturated carbocycles. The van der Waals surface area contributed by atoms with E-state index in [0.29, 0.717) is 67.9 Å². The second-order valence-corrected chi connectivity index (χ2v) is 10.5. The standard InChI is InChI=1S/C34H38N2O7/c1-4-42-26-11-12-27(23(2)20-26)32(37)30-31(36(34(39)33(30)38)15-14-35-16-18-41-19-17-35)25-10-13-28(29(21-25)40-3)43-22-24-8-6-5-7-9-24/h5-13,20-21,31,37H,4,14-19,22H2,1-3H3. The third-order valence-electron chi connectivity index (χ3n) is 7.81. The van der Waals surface area contributed by atoms with Crippen LogP contribution in [0.5, 0.6) is 17.2 Å². The van der Waals surface area contributed by atoms with E-state index >= 15 is 0 Å². The highest BCUT2D eigenvalue weighted by molar-refractivity contribution is 6.46. The molecule has 2 aliphatic rings. The largest absolute Gasteiger partial charge is 0.507 e. The van der Waals surface area contributed by atoms with Crippen molar-refractivity contribution >= 4 is 17.4 Å². The SMILES string of the molecule is CCOc1ccc(C(O)=C2C(=O)C(=O)N(CCN3CCOCC3)C2c2ccc(OCc3ccccc3)c(OC)c2)c(C)c1. The van der Waals surface area contributed by atoms with Crippen LogP contribution < -0.4 is 14.2 Å². The first kappa shape index (κ1) is 30.1. The summed E-state index contributed by atoms with van der Waals surface area (Å²) in [5.41, 5.74) is 2.88. The fourth-order valence-electron chi connectivity index (χ4n) is 5.54. The Labute approximate surface area is 252 Å². The maximum Gasteiger partial charge on any atom is 0.295 e. The fraction of sp³-hybridized carbons (Fsp3) is 0.353. The topological polar surface area (TPSA) is 97.8 Å². The number of Topliss-reactive ketones (excluding diaryl/α,β-unsaturated/α-hetero) is 1. The number of aliphatic hydroxyl groups is 1. The highest BCUT2D eigenvalue weighted by atomic mass is 16.5. The van der Waals surface area contributed by atoms with Gasteiger partial charge in [0.25, 0.3) is 11.7 Å². The zero-order valence-electron chi connectivity index (χ0n) is 24.9. The highest BCUT2D eigenvalue weighted by Gasteiger charge is 2.46. The number of rotatable bonds is 11. The van der Waals surface area contributed by atoms with Crippen LogP contribution in [0.25, 0.3) is 5.76 Å². The number of ketones is 1. The van der Waals surface area contributed by atoms with Crippen LogP contribution in [0.4, 0.5) is 0 Å². The lowest BCUT2D eigenvalue weighted by Gasteiger charge is -2.31.